The van der Waals surface area contributed by atoms with Gasteiger partial charge in [-0.1, -0.05) is 39.0 Å². The highest BCUT2D eigenvalue weighted by Crippen LogP contribution is 2.29. The quantitative estimate of drug-likeness (QED) is 0.943. The minimum absolute atomic E-state index is 0.0659. The Morgan fingerprint density at radius 3 is 2.20 bits per heavy atom. The van der Waals surface area contributed by atoms with E-state index in [0.717, 1.165) is 5.56 Å². The molecule has 6 heteroatoms. The van der Waals surface area contributed by atoms with Crippen molar-refractivity contribution in [3.8, 4) is 0 Å². The van der Waals surface area contributed by atoms with E-state index in [4.69, 9.17) is 0 Å². The normalized spacial score (nSPS) is 12.2. The average Bonchev–Trinajstić information content (AvgIpc) is 2.38. The molecule has 0 saturated heterocycles. The zero-order chi connectivity index (χ0) is 14.8. The van der Waals surface area contributed by atoms with Crippen LogP contribution in [-0.2, 0) is 15.4 Å². The predicted molar refractivity (Wildman–Crippen MR) is 78.0 cm³/mol. The van der Waals surface area contributed by atoms with Crippen LogP contribution in [0.5, 0.6) is 0 Å². The molecule has 20 heavy (non-hydrogen) atoms. The minimum atomic E-state index is -3.70. The maximum absolute atomic E-state index is 12.5. The number of sulfonamides is 1. The van der Waals surface area contributed by atoms with Gasteiger partial charge in [-0.2, -0.15) is 0 Å². The fraction of sp³-hybridized carbons (Fsp3) is 0.286. The lowest BCUT2D eigenvalue weighted by molar-refractivity contribution is 0.563. The van der Waals surface area contributed by atoms with Crippen molar-refractivity contribution in [2.24, 2.45) is 0 Å². The highest BCUT2D eigenvalue weighted by atomic mass is 32.2. The molecule has 0 amide bonds. The molecule has 1 N–H and O–H groups in total. The van der Waals surface area contributed by atoms with Gasteiger partial charge in [-0.25, -0.2) is 23.1 Å². The van der Waals surface area contributed by atoms with Crippen LogP contribution in [0.4, 0.5) is 5.95 Å². The van der Waals surface area contributed by atoms with Crippen molar-refractivity contribution >= 4 is 16.0 Å². The number of nitrogens with zero attached hydrogens (tertiary/aromatic N) is 2. The molecule has 2 rings (SSSR count). The molecule has 2 aromatic rings. The van der Waals surface area contributed by atoms with E-state index < -0.39 is 10.0 Å². The summed E-state index contributed by atoms with van der Waals surface area (Å²) in [5.74, 6) is 0.0659. The second-order valence-electron chi connectivity index (χ2n) is 5.42. The Labute approximate surface area is 119 Å². The van der Waals surface area contributed by atoms with Crippen LogP contribution < -0.4 is 4.72 Å². The van der Waals surface area contributed by atoms with Crippen LogP contribution in [0.25, 0.3) is 0 Å². The average molecular weight is 291 g/mol. The number of rotatable bonds is 3. The zero-order valence-electron chi connectivity index (χ0n) is 11.7. The molecule has 0 radical (unpaired) electrons. The van der Waals surface area contributed by atoms with Gasteiger partial charge in [0.25, 0.3) is 10.0 Å². The summed E-state index contributed by atoms with van der Waals surface area (Å²) in [6.07, 6.45) is 2.97. The van der Waals surface area contributed by atoms with Crippen LogP contribution >= 0.6 is 0 Å². The first kappa shape index (κ1) is 14.5. The standard InChI is InChI=1S/C14H17N3O2S/c1-14(2,3)11-7-4-5-8-12(11)20(18,19)17-13-15-9-6-10-16-13/h4-10H,1-3H3,(H,15,16,17). The summed E-state index contributed by atoms with van der Waals surface area (Å²) in [4.78, 5) is 8.01. The Bertz CT molecular complexity index is 692. The maximum atomic E-state index is 12.5. The van der Waals surface area contributed by atoms with Crippen molar-refractivity contribution in [2.45, 2.75) is 31.1 Å². The molecule has 0 aliphatic heterocycles. The molecule has 0 atom stereocenters. The molecule has 0 aliphatic rings. The van der Waals surface area contributed by atoms with Gasteiger partial charge < -0.3 is 0 Å². The summed E-state index contributed by atoms with van der Waals surface area (Å²) in [6, 6.07) is 8.57. The minimum Gasteiger partial charge on any atom is -0.247 e. The van der Waals surface area contributed by atoms with E-state index in [9.17, 15) is 8.42 Å². The molecule has 1 aromatic heterocycles. The Hall–Kier alpha value is -1.95. The molecule has 5 nitrogen and oxygen atoms in total. The largest absolute Gasteiger partial charge is 0.264 e. The SMILES string of the molecule is CC(C)(C)c1ccccc1S(=O)(=O)Nc1ncccn1. The summed E-state index contributed by atoms with van der Waals surface area (Å²) < 4.78 is 27.4. The van der Waals surface area contributed by atoms with Gasteiger partial charge in [0.15, 0.2) is 0 Å². The third-order valence-electron chi connectivity index (χ3n) is 2.78. The number of benzene rings is 1. The number of aromatic nitrogens is 2. The van der Waals surface area contributed by atoms with Crippen molar-refractivity contribution in [1.29, 1.82) is 0 Å². The Kier molecular flexibility index (Phi) is 3.76. The van der Waals surface area contributed by atoms with E-state index >= 15 is 0 Å². The molecule has 106 valence electrons. The smallest absolute Gasteiger partial charge is 0.247 e. The lowest BCUT2D eigenvalue weighted by Crippen LogP contribution is -2.21. The molecule has 0 aliphatic carbocycles. The van der Waals surface area contributed by atoms with Crippen molar-refractivity contribution in [2.75, 3.05) is 4.72 Å². The summed E-state index contributed by atoms with van der Waals surface area (Å²) in [5, 5.41) is 0. The summed E-state index contributed by atoms with van der Waals surface area (Å²) >= 11 is 0. The van der Waals surface area contributed by atoms with Crippen LogP contribution in [0.15, 0.2) is 47.6 Å². The zero-order valence-corrected chi connectivity index (χ0v) is 12.5. The van der Waals surface area contributed by atoms with Crippen LogP contribution in [-0.4, -0.2) is 18.4 Å². The van der Waals surface area contributed by atoms with Gasteiger partial charge in [-0.3, -0.25) is 0 Å². The van der Waals surface area contributed by atoms with Gasteiger partial charge in [-0.15, -0.1) is 0 Å². The third-order valence-corrected chi connectivity index (χ3v) is 4.16. The van der Waals surface area contributed by atoms with E-state index in [-0.39, 0.29) is 16.3 Å². The highest BCUT2D eigenvalue weighted by Gasteiger charge is 2.25. The van der Waals surface area contributed by atoms with Gasteiger partial charge in [0.1, 0.15) is 0 Å². The summed E-state index contributed by atoms with van der Waals surface area (Å²) in [7, 11) is -3.70. The molecule has 0 unspecified atom stereocenters. The maximum Gasteiger partial charge on any atom is 0.264 e. The van der Waals surface area contributed by atoms with Gasteiger partial charge >= 0.3 is 0 Å². The van der Waals surface area contributed by atoms with Crippen LogP contribution in [0.2, 0.25) is 0 Å². The first-order valence-corrected chi connectivity index (χ1v) is 7.68. The molecule has 0 bridgehead atoms. The highest BCUT2D eigenvalue weighted by molar-refractivity contribution is 7.92. The van der Waals surface area contributed by atoms with Crippen LogP contribution in [0, 0.1) is 0 Å². The van der Waals surface area contributed by atoms with E-state index in [1.165, 1.54) is 12.4 Å². The first-order chi connectivity index (χ1) is 9.31. The lowest BCUT2D eigenvalue weighted by atomic mass is 9.87. The van der Waals surface area contributed by atoms with Crippen LogP contribution in [0.1, 0.15) is 26.3 Å². The molecule has 0 fully saturated rings. The predicted octanol–water partition coefficient (Wildman–Crippen LogP) is 2.57. The molecule has 0 spiro atoms. The molecule has 0 saturated carbocycles. The molecule has 1 heterocycles. The number of hydrogen-bond acceptors (Lipinski definition) is 4. The summed E-state index contributed by atoms with van der Waals surface area (Å²) in [6.45, 7) is 5.92. The van der Waals surface area contributed by atoms with E-state index in [2.05, 4.69) is 14.7 Å². The summed E-state index contributed by atoms with van der Waals surface area (Å²) in [5.41, 5.74) is 0.478. The number of nitrogens with one attached hydrogen (secondary N) is 1. The first-order valence-electron chi connectivity index (χ1n) is 6.20. The van der Waals surface area contributed by atoms with E-state index in [1.54, 1.807) is 18.2 Å². The Morgan fingerprint density at radius 1 is 1.00 bits per heavy atom. The fourth-order valence-corrected chi connectivity index (χ4v) is 3.22. The monoisotopic (exact) mass is 291 g/mol. The second-order valence-corrected chi connectivity index (χ2v) is 7.07. The van der Waals surface area contributed by atoms with Crippen LogP contribution in [0.3, 0.4) is 0 Å². The lowest BCUT2D eigenvalue weighted by Gasteiger charge is -2.22. The van der Waals surface area contributed by atoms with Gasteiger partial charge in [0.2, 0.25) is 5.95 Å². The van der Waals surface area contributed by atoms with Crippen molar-refractivity contribution in [3.63, 3.8) is 0 Å². The van der Waals surface area contributed by atoms with E-state index in [0.29, 0.717) is 0 Å². The van der Waals surface area contributed by atoms with Crippen molar-refractivity contribution < 1.29 is 8.42 Å². The third kappa shape index (κ3) is 3.14. The van der Waals surface area contributed by atoms with Gasteiger partial charge in [-0.05, 0) is 23.1 Å². The Morgan fingerprint density at radius 2 is 1.60 bits per heavy atom. The molecule has 1 aromatic carbocycles. The van der Waals surface area contributed by atoms with Gasteiger partial charge in [0, 0.05) is 12.4 Å². The van der Waals surface area contributed by atoms with E-state index in [1.807, 2.05) is 32.9 Å². The van der Waals surface area contributed by atoms with Gasteiger partial charge in [0.05, 0.1) is 4.90 Å². The molecular weight excluding hydrogens is 274 g/mol. The molecular formula is C14H17N3O2S. The second kappa shape index (κ2) is 5.20. The number of anilines is 1. The number of hydrogen-bond donors (Lipinski definition) is 1. The van der Waals surface area contributed by atoms with Crippen molar-refractivity contribution in [3.05, 3.63) is 48.3 Å². The Balaban J connectivity index is 2.46. The topological polar surface area (TPSA) is 72.0 Å². The van der Waals surface area contributed by atoms with Crippen molar-refractivity contribution in [1.82, 2.24) is 9.97 Å². The fourth-order valence-electron chi connectivity index (χ4n) is 1.85.